The van der Waals surface area contributed by atoms with Crippen LogP contribution in [0.2, 0.25) is 0 Å². The molecule has 1 aliphatic heterocycles. The number of aromatic amines is 1. The third-order valence-corrected chi connectivity index (χ3v) is 10.5. The van der Waals surface area contributed by atoms with Crippen molar-refractivity contribution in [3.8, 4) is 0 Å². The van der Waals surface area contributed by atoms with Gasteiger partial charge in [-0.2, -0.15) is 0 Å². The Bertz CT molecular complexity index is 1240. The van der Waals surface area contributed by atoms with Crippen LogP contribution in [0.1, 0.15) is 47.6 Å². The molecule has 0 aromatic carbocycles. The van der Waals surface area contributed by atoms with E-state index in [-0.39, 0.29) is 35.0 Å². The van der Waals surface area contributed by atoms with Gasteiger partial charge in [0.05, 0.1) is 38.6 Å². The molecule has 2 aliphatic rings. The number of nitrogens with one attached hydrogen (secondary N) is 1. The molecule has 2 heterocycles. The van der Waals surface area contributed by atoms with Gasteiger partial charge < -0.3 is 9.84 Å². The molecular formula is C25H38FN2O10PS2. The van der Waals surface area contributed by atoms with Crippen molar-refractivity contribution in [1.29, 1.82) is 0 Å². The van der Waals surface area contributed by atoms with Gasteiger partial charge in [-0.05, 0) is 0 Å². The number of fused-ring (bicyclic) bond motifs is 1. The van der Waals surface area contributed by atoms with Crippen molar-refractivity contribution in [3.63, 3.8) is 0 Å². The van der Waals surface area contributed by atoms with E-state index in [2.05, 4.69) is 4.98 Å². The predicted molar refractivity (Wildman–Crippen MR) is 153 cm³/mol. The van der Waals surface area contributed by atoms with Crippen molar-refractivity contribution < 1.29 is 42.0 Å². The Hall–Kier alpha value is -1.32. The fourth-order valence-electron chi connectivity index (χ4n) is 4.21. The van der Waals surface area contributed by atoms with Crippen molar-refractivity contribution >= 4 is 41.6 Å². The molecule has 2 fully saturated rings. The summed E-state index contributed by atoms with van der Waals surface area (Å²) < 4.78 is 50.8. The van der Waals surface area contributed by atoms with E-state index in [0.717, 1.165) is 34.2 Å². The Balaban J connectivity index is 1.62. The maximum Gasteiger partial charge on any atom is 0.474 e. The van der Waals surface area contributed by atoms with Gasteiger partial charge in [-0.1, -0.05) is 65.1 Å². The molecule has 1 aliphatic carbocycles. The van der Waals surface area contributed by atoms with Crippen LogP contribution in [-0.2, 0) is 32.5 Å². The van der Waals surface area contributed by atoms with Gasteiger partial charge in [-0.3, -0.25) is 41.9 Å². The van der Waals surface area contributed by atoms with Gasteiger partial charge in [0.15, 0.2) is 10.2 Å². The number of nitrogens with zero attached hydrogens (tertiary/aromatic N) is 1. The van der Waals surface area contributed by atoms with Crippen LogP contribution in [0.5, 0.6) is 0 Å². The Morgan fingerprint density at radius 2 is 1.61 bits per heavy atom. The number of thioether (sulfide) groups is 2. The van der Waals surface area contributed by atoms with Crippen molar-refractivity contribution in [2.45, 2.75) is 65.4 Å². The highest BCUT2D eigenvalue weighted by Gasteiger charge is 2.77. The Kier molecular flexibility index (Phi) is 10.9. The van der Waals surface area contributed by atoms with Gasteiger partial charge in [0, 0.05) is 40.5 Å². The van der Waals surface area contributed by atoms with Crippen LogP contribution in [0.15, 0.2) is 21.9 Å². The monoisotopic (exact) mass is 640 g/mol. The molecule has 1 saturated carbocycles. The van der Waals surface area contributed by atoms with Crippen molar-refractivity contribution in [3.05, 3.63) is 33.1 Å². The standard InChI is InChI=1S/C25H38FN2O10PS2/c1-23(2,3)20(30)40-11-9-35-39(34,36-10-12-41-21(31)24(4,5)6)37-14-16-15(13-26)25(33)18(19(25)38-16)28-8-7-17(29)27-22(28)32/h7-8,15-16,18-19,33H,9-14H2,1-6H3,(H,27,29,32)/t15-,16-,18?,19+,25+/m1/s1. The highest BCUT2D eigenvalue weighted by atomic mass is 32.2. The lowest BCUT2D eigenvalue weighted by Crippen LogP contribution is -2.39. The zero-order chi connectivity index (χ0) is 30.8. The first kappa shape index (κ1) is 34.2. The van der Waals surface area contributed by atoms with Gasteiger partial charge in [-0.15, -0.1) is 0 Å². The van der Waals surface area contributed by atoms with Crippen LogP contribution >= 0.6 is 31.3 Å². The Morgan fingerprint density at radius 1 is 1.07 bits per heavy atom. The molecular weight excluding hydrogens is 602 g/mol. The minimum Gasteiger partial charge on any atom is -0.384 e. The molecule has 3 rings (SSSR count). The zero-order valence-electron chi connectivity index (χ0n) is 23.9. The molecule has 5 atom stereocenters. The minimum atomic E-state index is -4.25. The summed E-state index contributed by atoms with van der Waals surface area (Å²) in [4.78, 5) is 50.0. The second kappa shape index (κ2) is 13.1. The molecule has 0 bridgehead atoms. The smallest absolute Gasteiger partial charge is 0.384 e. The molecule has 232 valence electrons. The number of carbonyl (C=O) groups excluding carboxylic acids is 2. The normalized spacial score (nSPS) is 26.1. The second-order valence-electron chi connectivity index (χ2n) is 11.9. The SMILES string of the molecule is CC(C)(C)C(=O)SCCOP(=O)(OCCSC(=O)C(C)(C)C)OC[C@H]1O[C@H]2C(n3ccc(=O)[nH]c3=O)[C@@]2(O)[C@@H]1CF. The lowest BCUT2D eigenvalue weighted by atomic mass is 9.96. The number of H-pyrrole nitrogens is 1. The largest absolute Gasteiger partial charge is 0.474 e. The highest BCUT2D eigenvalue weighted by molar-refractivity contribution is 8.14. The first-order chi connectivity index (χ1) is 18.9. The third kappa shape index (κ3) is 8.20. The van der Waals surface area contributed by atoms with Gasteiger partial charge in [0.2, 0.25) is 0 Å². The molecule has 0 amide bonds. The quantitative estimate of drug-likeness (QED) is 0.240. The molecule has 1 aromatic rings. The number of halogens is 1. The number of phosphoric acid groups is 1. The molecule has 41 heavy (non-hydrogen) atoms. The lowest BCUT2D eigenvalue weighted by molar-refractivity contribution is -0.118. The van der Waals surface area contributed by atoms with Crippen LogP contribution in [-0.4, -0.2) is 80.7 Å². The number of aromatic nitrogens is 2. The van der Waals surface area contributed by atoms with Crippen molar-refractivity contribution in [2.24, 2.45) is 16.7 Å². The summed E-state index contributed by atoms with van der Waals surface area (Å²) in [5.74, 6) is -0.784. The summed E-state index contributed by atoms with van der Waals surface area (Å²) in [6, 6.07) is 0.188. The number of rotatable bonds is 13. The van der Waals surface area contributed by atoms with Crippen LogP contribution in [0, 0.1) is 16.7 Å². The molecule has 0 radical (unpaired) electrons. The molecule has 12 nitrogen and oxygen atoms in total. The summed E-state index contributed by atoms with van der Waals surface area (Å²) >= 11 is 2.02. The summed E-state index contributed by atoms with van der Waals surface area (Å²) in [6.07, 6.45) is -0.798. The highest BCUT2D eigenvalue weighted by Crippen LogP contribution is 2.62. The van der Waals surface area contributed by atoms with E-state index in [1.165, 1.54) is 6.20 Å². The van der Waals surface area contributed by atoms with E-state index in [4.69, 9.17) is 18.3 Å². The number of aliphatic hydroxyl groups is 1. The van der Waals surface area contributed by atoms with Gasteiger partial charge >= 0.3 is 13.5 Å². The molecule has 1 saturated heterocycles. The number of ether oxygens (including phenoxy) is 1. The maximum absolute atomic E-state index is 14.1. The molecule has 0 spiro atoms. The number of hydrogen-bond acceptors (Lipinski definition) is 12. The fraction of sp³-hybridized carbons (Fsp3) is 0.760. The number of carbonyl (C=O) groups is 2. The summed E-state index contributed by atoms with van der Waals surface area (Å²) in [7, 11) is -4.25. The van der Waals surface area contributed by atoms with E-state index in [0.29, 0.717) is 0 Å². The van der Waals surface area contributed by atoms with E-state index in [1.54, 1.807) is 41.5 Å². The zero-order valence-corrected chi connectivity index (χ0v) is 26.4. The number of alkyl halides is 1. The topological polar surface area (TPSA) is 163 Å². The van der Waals surface area contributed by atoms with Crippen molar-refractivity contribution in [2.75, 3.05) is 38.0 Å². The van der Waals surface area contributed by atoms with Gasteiger partial charge in [-0.25, -0.2) is 9.36 Å². The van der Waals surface area contributed by atoms with Crippen LogP contribution < -0.4 is 11.2 Å². The molecule has 1 unspecified atom stereocenters. The van der Waals surface area contributed by atoms with E-state index < -0.39 is 73.0 Å². The van der Waals surface area contributed by atoms with Crippen LogP contribution in [0.4, 0.5) is 4.39 Å². The van der Waals surface area contributed by atoms with Gasteiger partial charge in [0.25, 0.3) is 5.56 Å². The average Bonchev–Trinajstić information content (AvgIpc) is 3.32. The minimum absolute atomic E-state index is 0.0800. The lowest BCUT2D eigenvalue weighted by Gasteiger charge is -2.26. The maximum atomic E-state index is 14.1. The van der Waals surface area contributed by atoms with Crippen LogP contribution in [0.25, 0.3) is 0 Å². The fourth-order valence-corrected chi connectivity index (χ4v) is 7.21. The first-order valence-corrected chi connectivity index (χ1v) is 16.5. The Morgan fingerprint density at radius 3 is 2.07 bits per heavy atom. The second-order valence-corrected chi connectivity index (χ2v) is 15.7. The van der Waals surface area contributed by atoms with Gasteiger partial charge in [0.1, 0.15) is 11.7 Å². The first-order valence-electron chi connectivity index (χ1n) is 13.1. The summed E-state index contributed by atoms with van der Waals surface area (Å²) in [6.45, 7) is 8.85. The van der Waals surface area contributed by atoms with E-state index in [9.17, 15) is 33.2 Å². The van der Waals surface area contributed by atoms with E-state index >= 15 is 0 Å². The van der Waals surface area contributed by atoms with Crippen LogP contribution in [0.3, 0.4) is 0 Å². The summed E-state index contributed by atoms with van der Waals surface area (Å²) in [5.41, 5.74) is -4.27. The van der Waals surface area contributed by atoms with E-state index in [1.807, 2.05) is 0 Å². The average molecular weight is 641 g/mol. The number of phosphoric ester groups is 1. The molecule has 2 N–H and O–H groups in total. The van der Waals surface area contributed by atoms with Crippen molar-refractivity contribution in [1.82, 2.24) is 9.55 Å². The number of hydrogen-bond donors (Lipinski definition) is 2. The molecule has 16 heteroatoms. The summed E-state index contributed by atoms with van der Waals surface area (Å²) in [5, 5.41) is 11.0. The predicted octanol–water partition coefficient (Wildman–Crippen LogP) is 2.95. The third-order valence-electron chi connectivity index (χ3n) is 6.54. The Labute approximate surface area is 246 Å². The molecule has 1 aromatic heterocycles.